The zero-order valence-corrected chi connectivity index (χ0v) is 13.6. The molecule has 0 unspecified atom stereocenters. The second-order valence-electron chi connectivity index (χ2n) is 5.99. The lowest BCUT2D eigenvalue weighted by atomic mass is 9.80. The molecule has 0 atom stereocenters. The molecule has 0 spiro atoms. The van der Waals surface area contributed by atoms with Crippen LogP contribution in [0, 0.1) is 11.6 Å². The zero-order valence-electron chi connectivity index (χ0n) is 12.8. The Morgan fingerprint density at radius 3 is 2.52 bits per heavy atom. The highest BCUT2D eigenvalue weighted by Gasteiger charge is 2.19. The van der Waals surface area contributed by atoms with Crippen LogP contribution in [0.4, 0.5) is 0 Å². The molecule has 0 radical (unpaired) electrons. The average molecular weight is 298 g/mol. The Kier molecular flexibility index (Phi) is 4.20. The van der Waals surface area contributed by atoms with Gasteiger partial charge in [-0.05, 0) is 43.2 Å². The van der Waals surface area contributed by atoms with Crippen molar-refractivity contribution in [1.82, 2.24) is 9.97 Å². The number of benzene rings is 1. The van der Waals surface area contributed by atoms with E-state index in [2.05, 4.69) is 48.1 Å². The molecule has 1 saturated carbocycles. The Morgan fingerprint density at radius 1 is 1.24 bits per heavy atom. The number of aromatic amines is 1. The van der Waals surface area contributed by atoms with Crippen LogP contribution in [0.2, 0.25) is 0 Å². The first-order valence-corrected chi connectivity index (χ1v) is 8.30. The van der Waals surface area contributed by atoms with Gasteiger partial charge in [0.25, 0.3) is 0 Å². The number of rotatable bonds is 4. The normalized spacial score (nSPS) is 15.0. The minimum atomic E-state index is 0.718. The Labute approximate surface area is 131 Å². The first-order chi connectivity index (χ1) is 10.2. The number of nitrogens with zero attached hydrogens (tertiary/aromatic N) is 1. The molecule has 110 valence electrons. The monoisotopic (exact) mass is 298 g/mol. The number of nitrogens with one attached hydrogen (secondary N) is 1. The fourth-order valence-electron chi connectivity index (χ4n) is 2.89. The van der Waals surface area contributed by atoms with Crippen LogP contribution >= 0.6 is 12.2 Å². The standard InChI is InChI=1S/C18H22N2S/c1-3-5-16-19-17(12(2)18(21)20-16)15-10-8-14(9-11-15)13-6-4-7-13/h8-11,13H,3-7H2,1-2H3,(H,19,20,21). The van der Waals surface area contributed by atoms with Crippen molar-refractivity contribution in [2.75, 3.05) is 0 Å². The molecule has 1 N–H and O–H groups in total. The predicted octanol–water partition coefficient (Wildman–Crippen LogP) is 5.33. The van der Waals surface area contributed by atoms with E-state index in [1.807, 2.05) is 0 Å². The molecule has 1 fully saturated rings. The third-order valence-electron chi connectivity index (χ3n) is 4.46. The molecule has 1 aromatic carbocycles. The SMILES string of the molecule is CCCc1nc(=S)c(C)c(-c2ccc(C3CCC3)cc2)[nH]1. The van der Waals surface area contributed by atoms with Crippen LogP contribution in [0.1, 0.15) is 55.5 Å². The van der Waals surface area contributed by atoms with Crippen molar-refractivity contribution in [3.05, 3.63) is 45.9 Å². The molecular weight excluding hydrogens is 276 g/mol. The second-order valence-corrected chi connectivity index (χ2v) is 6.38. The van der Waals surface area contributed by atoms with Crippen molar-refractivity contribution in [1.29, 1.82) is 0 Å². The summed E-state index contributed by atoms with van der Waals surface area (Å²) in [6, 6.07) is 8.98. The average Bonchev–Trinajstić information content (AvgIpc) is 2.42. The van der Waals surface area contributed by atoms with Gasteiger partial charge in [-0.1, -0.05) is 49.8 Å². The summed E-state index contributed by atoms with van der Waals surface area (Å²) in [5.41, 5.74) is 4.88. The van der Waals surface area contributed by atoms with Gasteiger partial charge in [-0.3, -0.25) is 0 Å². The number of aromatic nitrogens is 2. The highest BCUT2D eigenvalue weighted by Crippen LogP contribution is 2.37. The minimum absolute atomic E-state index is 0.718. The van der Waals surface area contributed by atoms with Crippen molar-refractivity contribution in [3.63, 3.8) is 0 Å². The van der Waals surface area contributed by atoms with Crippen LogP contribution in [0.3, 0.4) is 0 Å². The lowest BCUT2D eigenvalue weighted by Crippen LogP contribution is -2.08. The number of H-pyrrole nitrogens is 1. The van der Waals surface area contributed by atoms with Crippen LogP contribution in [0.25, 0.3) is 11.3 Å². The topological polar surface area (TPSA) is 28.7 Å². The quantitative estimate of drug-likeness (QED) is 0.772. The van der Waals surface area contributed by atoms with E-state index in [0.29, 0.717) is 0 Å². The van der Waals surface area contributed by atoms with E-state index in [-0.39, 0.29) is 0 Å². The molecule has 0 amide bonds. The molecule has 2 nitrogen and oxygen atoms in total. The summed E-state index contributed by atoms with van der Waals surface area (Å²) in [4.78, 5) is 7.95. The van der Waals surface area contributed by atoms with Gasteiger partial charge in [0.15, 0.2) is 0 Å². The number of hydrogen-bond acceptors (Lipinski definition) is 2. The highest BCUT2D eigenvalue weighted by molar-refractivity contribution is 7.71. The van der Waals surface area contributed by atoms with E-state index in [4.69, 9.17) is 12.2 Å². The molecule has 1 aliphatic carbocycles. The van der Waals surface area contributed by atoms with Crippen LogP contribution < -0.4 is 0 Å². The Hall–Kier alpha value is -1.48. The maximum atomic E-state index is 5.41. The van der Waals surface area contributed by atoms with E-state index in [1.54, 1.807) is 0 Å². The summed E-state index contributed by atoms with van der Waals surface area (Å²) in [6.45, 7) is 4.21. The van der Waals surface area contributed by atoms with E-state index >= 15 is 0 Å². The lowest BCUT2D eigenvalue weighted by Gasteiger charge is -2.25. The summed E-state index contributed by atoms with van der Waals surface area (Å²) in [5, 5.41) is 0. The second kappa shape index (κ2) is 6.10. The summed E-state index contributed by atoms with van der Waals surface area (Å²) in [7, 11) is 0. The van der Waals surface area contributed by atoms with Gasteiger partial charge in [0.05, 0.1) is 5.69 Å². The molecule has 1 heterocycles. The van der Waals surface area contributed by atoms with E-state index in [9.17, 15) is 0 Å². The smallest absolute Gasteiger partial charge is 0.133 e. The fraction of sp³-hybridized carbons (Fsp3) is 0.444. The van der Waals surface area contributed by atoms with Crippen LogP contribution in [-0.2, 0) is 6.42 Å². The maximum Gasteiger partial charge on any atom is 0.133 e. The summed E-state index contributed by atoms with van der Waals surface area (Å²) >= 11 is 5.41. The Bertz CT molecular complexity index is 681. The molecule has 3 rings (SSSR count). The Morgan fingerprint density at radius 2 is 1.95 bits per heavy atom. The molecule has 1 aliphatic rings. The van der Waals surface area contributed by atoms with Crippen molar-refractivity contribution in [2.45, 2.75) is 51.9 Å². The zero-order chi connectivity index (χ0) is 14.8. The molecule has 0 aliphatic heterocycles. The first-order valence-electron chi connectivity index (χ1n) is 7.89. The summed E-state index contributed by atoms with van der Waals surface area (Å²) < 4.78 is 0.718. The number of hydrogen-bond donors (Lipinski definition) is 1. The number of aryl methyl sites for hydroxylation is 1. The highest BCUT2D eigenvalue weighted by atomic mass is 32.1. The fourth-order valence-corrected chi connectivity index (χ4v) is 3.10. The van der Waals surface area contributed by atoms with Crippen molar-refractivity contribution < 1.29 is 0 Å². The Balaban J connectivity index is 1.96. The van der Waals surface area contributed by atoms with Gasteiger partial charge in [0, 0.05) is 12.0 Å². The van der Waals surface area contributed by atoms with Gasteiger partial charge < -0.3 is 4.98 Å². The largest absolute Gasteiger partial charge is 0.343 e. The van der Waals surface area contributed by atoms with E-state index < -0.39 is 0 Å². The van der Waals surface area contributed by atoms with E-state index in [0.717, 1.165) is 40.5 Å². The summed E-state index contributed by atoms with van der Waals surface area (Å²) in [5.74, 6) is 1.78. The van der Waals surface area contributed by atoms with Gasteiger partial charge in [-0.2, -0.15) is 0 Å². The van der Waals surface area contributed by atoms with Crippen molar-refractivity contribution in [2.24, 2.45) is 0 Å². The predicted molar refractivity (Wildman–Crippen MR) is 90.2 cm³/mol. The van der Waals surface area contributed by atoms with Gasteiger partial charge in [-0.25, -0.2) is 4.98 Å². The third-order valence-corrected chi connectivity index (χ3v) is 4.86. The summed E-state index contributed by atoms with van der Waals surface area (Å²) in [6.07, 6.45) is 6.08. The van der Waals surface area contributed by atoms with Gasteiger partial charge in [0.2, 0.25) is 0 Å². The molecule has 0 saturated heterocycles. The van der Waals surface area contributed by atoms with Crippen molar-refractivity contribution >= 4 is 12.2 Å². The maximum absolute atomic E-state index is 5.41. The molecule has 1 aromatic heterocycles. The van der Waals surface area contributed by atoms with Crippen molar-refractivity contribution in [3.8, 4) is 11.3 Å². The molecule has 2 aromatic rings. The minimum Gasteiger partial charge on any atom is -0.343 e. The molecule has 0 bridgehead atoms. The molecule has 3 heteroatoms. The third kappa shape index (κ3) is 2.93. The lowest BCUT2D eigenvalue weighted by molar-refractivity contribution is 0.420. The van der Waals surface area contributed by atoms with Gasteiger partial charge in [0.1, 0.15) is 10.5 Å². The first kappa shape index (κ1) is 14.5. The molecular formula is C18H22N2S. The van der Waals surface area contributed by atoms with E-state index in [1.165, 1.54) is 30.4 Å². The van der Waals surface area contributed by atoms with Crippen LogP contribution in [0.15, 0.2) is 24.3 Å². The van der Waals surface area contributed by atoms with Crippen LogP contribution in [0.5, 0.6) is 0 Å². The van der Waals surface area contributed by atoms with Crippen LogP contribution in [-0.4, -0.2) is 9.97 Å². The molecule has 21 heavy (non-hydrogen) atoms. The van der Waals surface area contributed by atoms with Gasteiger partial charge in [-0.15, -0.1) is 0 Å². The van der Waals surface area contributed by atoms with Gasteiger partial charge >= 0.3 is 0 Å².